The van der Waals surface area contributed by atoms with Gasteiger partial charge in [-0.2, -0.15) is 5.26 Å². The number of likely N-dealkylation sites (N-methyl/N-ethyl adjacent to an activating group) is 1. The average molecular weight is 274 g/mol. The van der Waals surface area contributed by atoms with Crippen LogP contribution in [0.25, 0.3) is 0 Å². The van der Waals surface area contributed by atoms with Crippen molar-refractivity contribution >= 4 is 11.4 Å². The largest absolute Gasteiger partial charge is 0.378 e. The van der Waals surface area contributed by atoms with Gasteiger partial charge in [-0.1, -0.05) is 6.07 Å². The van der Waals surface area contributed by atoms with E-state index in [1.54, 1.807) is 12.1 Å². The first-order valence-electron chi connectivity index (χ1n) is 6.59. The first-order chi connectivity index (χ1) is 9.50. The zero-order chi connectivity index (χ0) is 14.8. The van der Waals surface area contributed by atoms with Gasteiger partial charge in [-0.3, -0.25) is 10.1 Å². The molecular weight excluding hydrogens is 256 g/mol. The van der Waals surface area contributed by atoms with E-state index in [4.69, 9.17) is 5.26 Å². The summed E-state index contributed by atoms with van der Waals surface area (Å²) in [5.74, 6) is 0. The Balaban J connectivity index is 2.22. The SMILES string of the molecule is CN(C)C1(CNc2cccc(C#N)c2[N+](=O)[O-])CCC1. The molecule has 1 aliphatic rings. The second kappa shape index (κ2) is 5.47. The van der Waals surface area contributed by atoms with E-state index in [0.717, 1.165) is 12.8 Å². The molecule has 2 rings (SSSR count). The molecule has 6 nitrogen and oxygen atoms in total. The first-order valence-corrected chi connectivity index (χ1v) is 6.59. The molecule has 0 unspecified atom stereocenters. The highest BCUT2D eigenvalue weighted by molar-refractivity contribution is 5.68. The fourth-order valence-electron chi connectivity index (χ4n) is 2.60. The van der Waals surface area contributed by atoms with Crippen molar-refractivity contribution in [2.24, 2.45) is 0 Å². The zero-order valence-electron chi connectivity index (χ0n) is 11.7. The number of para-hydroxylation sites is 1. The predicted molar refractivity (Wildman–Crippen MR) is 76.6 cm³/mol. The van der Waals surface area contributed by atoms with E-state index in [0.29, 0.717) is 12.2 Å². The number of hydrogen-bond acceptors (Lipinski definition) is 5. The Morgan fingerprint density at radius 3 is 2.65 bits per heavy atom. The van der Waals surface area contributed by atoms with Crippen LogP contribution in [0.2, 0.25) is 0 Å². The smallest absolute Gasteiger partial charge is 0.309 e. The lowest BCUT2D eigenvalue weighted by Crippen LogP contribution is -2.54. The maximum absolute atomic E-state index is 11.1. The molecule has 1 saturated carbocycles. The number of nitrogens with zero attached hydrogens (tertiary/aromatic N) is 3. The quantitative estimate of drug-likeness (QED) is 0.658. The zero-order valence-corrected chi connectivity index (χ0v) is 11.7. The molecule has 0 bridgehead atoms. The lowest BCUT2D eigenvalue weighted by atomic mass is 9.75. The molecule has 0 heterocycles. The molecule has 20 heavy (non-hydrogen) atoms. The molecule has 0 spiro atoms. The molecular formula is C14H18N4O2. The number of rotatable bonds is 5. The van der Waals surface area contributed by atoms with Gasteiger partial charge in [0, 0.05) is 12.1 Å². The van der Waals surface area contributed by atoms with Gasteiger partial charge in [0.1, 0.15) is 17.3 Å². The van der Waals surface area contributed by atoms with Crippen molar-refractivity contribution in [2.45, 2.75) is 24.8 Å². The Kier molecular flexibility index (Phi) is 3.91. The molecule has 1 aromatic rings. The van der Waals surface area contributed by atoms with Crippen LogP contribution in [0.4, 0.5) is 11.4 Å². The monoisotopic (exact) mass is 274 g/mol. The number of nitrogens with one attached hydrogen (secondary N) is 1. The second-order valence-corrected chi connectivity index (χ2v) is 5.40. The highest BCUT2D eigenvalue weighted by Crippen LogP contribution is 2.37. The summed E-state index contributed by atoms with van der Waals surface area (Å²) in [5, 5.41) is 23.3. The molecule has 0 atom stereocenters. The van der Waals surface area contributed by atoms with Crippen molar-refractivity contribution in [2.75, 3.05) is 26.0 Å². The minimum atomic E-state index is -0.496. The summed E-state index contributed by atoms with van der Waals surface area (Å²) in [4.78, 5) is 12.8. The van der Waals surface area contributed by atoms with Crippen LogP contribution in [0.1, 0.15) is 24.8 Å². The Bertz CT molecular complexity index is 559. The number of benzene rings is 1. The van der Waals surface area contributed by atoms with Crippen LogP contribution < -0.4 is 5.32 Å². The molecule has 0 amide bonds. The molecule has 0 aromatic heterocycles. The number of nitro benzene ring substituents is 1. The summed E-state index contributed by atoms with van der Waals surface area (Å²) < 4.78 is 0. The van der Waals surface area contributed by atoms with E-state index in [1.807, 2.05) is 20.2 Å². The minimum Gasteiger partial charge on any atom is -0.378 e. The van der Waals surface area contributed by atoms with Crippen molar-refractivity contribution in [3.05, 3.63) is 33.9 Å². The number of hydrogen-bond donors (Lipinski definition) is 1. The van der Waals surface area contributed by atoms with Crippen LogP contribution in [-0.2, 0) is 0 Å². The van der Waals surface area contributed by atoms with Gasteiger partial charge in [-0.05, 0) is 45.5 Å². The first kappa shape index (κ1) is 14.3. The van der Waals surface area contributed by atoms with E-state index in [1.165, 1.54) is 12.5 Å². The molecule has 6 heteroatoms. The lowest BCUT2D eigenvalue weighted by molar-refractivity contribution is -0.384. The van der Waals surface area contributed by atoms with Gasteiger partial charge in [-0.25, -0.2) is 0 Å². The number of nitriles is 1. The van der Waals surface area contributed by atoms with Gasteiger partial charge < -0.3 is 10.2 Å². The van der Waals surface area contributed by atoms with Crippen LogP contribution in [-0.4, -0.2) is 36.0 Å². The van der Waals surface area contributed by atoms with E-state index < -0.39 is 4.92 Å². The Labute approximate surface area is 118 Å². The lowest BCUT2D eigenvalue weighted by Gasteiger charge is -2.47. The Morgan fingerprint density at radius 2 is 2.20 bits per heavy atom. The molecule has 0 radical (unpaired) electrons. The minimum absolute atomic E-state index is 0.0660. The second-order valence-electron chi connectivity index (χ2n) is 5.40. The summed E-state index contributed by atoms with van der Waals surface area (Å²) in [6.07, 6.45) is 3.34. The Morgan fingerprint density at radius 1 is 1.50 bits per heavy atom. The Hall–Kier alpha value is -2.13. The van der Waals surface area contributed by atoms with Gasteiger partial charge in [0.15, 0.2) is 0 Å². The number of anilines is 1. The highest BCUT2D eigenvalue weighted by Gasteiger charge is 2.39. The fraction of sp³-hybridized carbons (Fsp3) is 0.500. The summed E-state index contributed by atoms with van der Waals surface area (Å²) >= 11 is 0. The molecule has 1 fully saturated rings. The van der Waals surface area contributed by atoms with Gasteiger partial charge in [-0.15, -0.1) is 0 Å². The van der Waals surface area contributed by atoms with Crippen LogP contribution in [0.15, 0.2) is 18.2 Å². The fourth-order valence-corrected chi connectivity index (χ4v) is 2.60. The standard InChI is InChI=1S/C14H18N4O2/c1-17(2)14(7-4-8-14)10-16-12-6-3-5-11(9-15)13(12)18(19)20/h3,5-6,16H,4,7-8,10H2,1-2H3. The van der Waals surface area contributed by atoms with Gasteiger partial charge >= 0.3 is 5.69 Å². The van der Waals surface area contributed by atoms with Crippen LogP contribution >= 0.6 is 0 Å². The van der Waals surface area contributed by atoms with Crippen LogP contribution in [0.5, 0.6) is 0 Å². The average Bonchev–Trinajstić information content (AvgIpc) is 2.36. The maximum Gasteiger partial charge on any atom is 0.309 e. The summed E-state index contributed by atoms with van der Waals surface area (Å²) in [6, 6.07) is 6.66. The summed E-state index contributed by atoms with van der Waals surface area (Å²) in [7, 11) is 4.06. The van der Waals surface area contributed by atoms with Crippen molar-refractivity contribution in [3.8, 4) is 6.07 Å². The molecule has 0 saturated heterocycles. The van der Waals surface area contributed by atoms with Crippen LogP contribution in [0, 0.1) is 21.4 Å². The summed E-state index contributed by atoms with van der Waals surface area (Å²) in [6.45, 7) is 0.649. The highest BCUT2D eigenvalue weighted by atomic mass is 16.6. The summed E-state index contributed by atoms with van der Waals surface area (Å²) in [5.41, 5.74) is 0.439. The maximum atomic E-state index is 11.1. The van der Waals surface area contributed by atoms with E-state index in [9.17, 15) is 10.1 Å². The van der Waals surface area contributed by atoms with E-state index >= 15 is 0 Å². The molecule has 0 aliphatic heterocycles. The third-order valence-electron chi connectivity index (χ3n) is 4.18. The van der Waals surface area contributed by atoms with Crippen LogP contribution in [0.3, 0.4) is 0 Å². The third kappa shape index (κ3) is 2.45. The molecule has 1 aromatic carbocycles. The molecule has 1 aliphatic carbocycles. The van der Waals surface area contributed by atoms with Crippen molar-refractivity contribution in [1.82, 2.24) is 4.90 Å². The third-order valence-corrected chi connectivity index (χ3v) is 4.18. The van der Waals surface area contributed by atoms with E-state index in [2.05, 4.69) is 10.2 Å². The van der Waals surface area contributed by atoms with E-state index in [-0.39, 0.29) is 16.8 Å². The van der Waals surface area contributed by atoms with Gasteiger partial charge in [0.25, 0.3) is 0 Å². The predicted octanol–water partition coefficient (Wildman–Crippen LogP) is 2.36. The van der Waals surface area contributed by atoms with Gasteiger partial charge in [0.05, 0.1) is 4.92 Å². The molecule has 106 valence electrons. The number of nitro groups is 1. The normalized spacial score (nSPS) is 16.3. The molecule has 1 N–H and O–H groups in total. The van der Waals surface area contributed by atoms with Crippen molar-refractivity contribution in [1.29, 1.82) is 5.26 Å². The topological polar surface area (TPSA) is 82.2 Å². The van der Waals surface area contributed by atoms with Crippen molar-refractivity contribution in [3.63, 3.8) is 0 Å². The van der Waals surface area contributed by atoms with Crippen molar-refractivity contribution < 1.29 is 4.92 Å². The van der Waals surface area contributed by atoms with Gasteiger partial charge in [0.2, 0.25) is 0 Å².